The van der Waals surface area contributed by atoms with Gasteiger partial charge in [0.25, 0.3) is 0 Å². The van der Waals surface area contributed by atoms with Gasteiger partial charge < -0.3 is 28.8 Å². The quantitative estimate of drug-likeness (QED) is 0.466. The largest absolute Gasteiger partial charge is 0.497 e. The van der Waals surface area contributed by atoms with Gasteiger partial charge in [-0.2, -0.15) is 0 Å². The Bertz CT molecular complexity index is 800. The lowest BCUT2D eigenvalue weighted by molar-refractivity contribution is -0.160. The Morgan fingerprint density at radius 2 is 1.63 bits per heavy atom. The molecule has 1 atom stereocenters. The van der Waals surface area contributed by atoms with Gasteiger partial charge in [0.15, 0.2) is 6.29 Å². The first-order chi connectivity index (χ1) is 14.5. The third-order valence-electron chi connectivity index (χ3n) is 4.35. The van der Waals surface area contributed by atoms with E-state index < -0.39 is 18.2 Å². The Hall–Kier alpha value is -2.77. The van der Waals surface area contributed by atoms with E-state index in [1.165, 1.54) is 0 Å². The summed E-state index contributed by atoms with van der Waals surface area (Å²) in [7, 11) is 1.56. The first-order valence-electron chi connectivity index (χ1n) is 10.1. The molecule has 30 heavy (non-hydrogen) atoms. The summed E-state index contributed by atoms with van der Waals surface area (Å²) >= 11 is 0. The molecule has 0 bridgehead atoms. The molecule has 0 amide bonds. The number of ether oxygens (including phenoxy) is 5. The zero-order valence-electron chi connectivity index (χ0n) is 17.9. The molecule has 2 aromatic carbocycles. The van der Waals surface area contributed by atoms with Crippen molar-refractivity contribution in [2.24, 2.45) is 0 Å². The van der Waals surface area contributed by atoms with Gasteiger partial charge in [-0.05, 0) is 39.0 Å². The van der Waals surface area contributed by atoms with Gasteiger partial charge in [0.2, 0.25) is 0 Å². The van der Waals surface area contributed by atoms with Gasteiger partial charge in [-0.3, -0.25) is 4.79 Å². The van der Waals surface area contributed by atoms with E-state index in [-0.39, 0.29) is 6.42 Å². The number of methoxy groups -OCH3 is 1. The molecular weight excluding hydrogens is 388 g/mol. The van der Waals surface area contributed by atoms with E-state index in [0.29, 0.717) is 48.4 Å². The molecule has 0 spiro atoms. The lowest BCUT2D eigenvalue weighted by atomic mass is 9.93. The van der Waals surface area contributed by atoms with Crippen LogP contribution in [-0.4, -0.2) is 44.3 Å². The molecule has 1 unspecified atom stereocenters. The van der Waals surface area contributed by atoms with Crippen LogP contribution in [0.5, 0.6) is 23.0 Å². The average molecular weight is 418 g/mol. The Labute approximate surface area is 177 Å². The molecular formula is C23H30O7. The van der Waals surface area contributed by atoms with Gasteiger partial charge in [0.05, 0.1) is 20.1 Å². The second-order valence-electron chi connectivity index (χ2n) is 6.40. The number of aliphatic carboxylic acids is 1. The SMILES string of the molecule is CCOc1cccc(Oc2cc(OC)ccc2C(CC(=O)O)C(OCC)OCC)c1. The molecule has 0 fully saturated rings. The van der Waals surface area contributed by atoms with Crippen molar-refractivity contribution in [3.05, 3.63) is 48.0 Å². The molecule has 0 heterocycles. The average Bonchev–Trinajstić information content (AvgIpc) is 2.72. The van der Waals surface area contributed by atoms with Crippen molar-refractivity contribution in [3.8, 4) is 23.0 Å². The van der Waals surface area contributed by atoms with Gasteiger partial charge in [0.1, 0.15) is 23.0 Å². The van der Waals surface area contributed by atoms with Crippen LogP contribution >= 0.6 is 0 Å². The van der Waals surface area contributed by atoms with E-state index in [0.717, 1.165) is 0 Å². The van der Waals surface area contributed by atoms with Crippen LogP contribution in [0.1, 0.15) is 38.7 Å². The van der Waals surface area contributed by atoms with Crippen LogP contribution in [0.4, 0.5) is 0 Å². The van der Waals surface area contributed by atoms with Crippen molar-refractivity contribution in [3.63, 3.8) is 0 Å². The van der Waals surface area contributed by atoms with Gasteiger partial charge in [-0.25, -0.2) is 0 Å². The molecule has 1 N–H and O–H groups in total. The predicted octanol–water partition coefficient (Wildman–Crippen LogP) is 4.84. The molecule has 0 saturated heterocycles. The molecule has 0 saturated carbocycles. The first kappa shape index (κ1) is 23.5. The molecule has 0 aliphatic rings. The van der Waals surface area contributed by atoms with Gasteiger partial charge in [-0.1, -0.05) is 12.1 Å². The molecule has 0 aliphatic heterocycles. The topological polar surface area (TPSA) is 83.5 Å². The van der Waals surface area contributed by atoms with E-state index in [1.807, 2.05) is 32.9 Å². The van der Waals surface area contributed by atoms with Crippen molar-refractivity contribution in [1.82, 2.24) is 0 Å². The van der Waals surface area contributed by atoms with Crippen molar-refractivity contribution in [2.45, 2.75) is 39.4 Å². The molecule has 7 heteroatoms. The summed E-state index contributed by atoms with van der Waals surface area (Å²) in [4.78, 5) is 11.6. The van der Waals surface area contributed by atoms with Crippen molar-refractivity contribution >= 4 is 5.97 Å². The minimum Gasteiger partial charge on any atom is -0.497 e. The number of carboxylic acid groups (broad SMARTS) is 1. The number of carbonyl (C=O) groups is 1. The van der Waals surface area contributed by atoms with Crippen molar-refractivity contribution in [1.29, 1.82) is 0 Å². The van der Waals surface area contributed by atoms with Gasteiger partial charge in [0, 0.05) is 36.8 Å². The number of benzene rings is 2. The van der Waals surface area contributed by atoms with Crippen LogP contribution in [0.15, 0.2) is 42.5 Å². The maximum absolute atomic E-state index is 11.6. The summed E-state index contributed by atoms with van der Waals surface area (Å²) in [5.74, 6) is 0.784. The normalized spacial score (nSPS) is 11.9. The smallest absolute Gasteiger partial charge is 0.304 e. The second-order valence-corrected chi connectivity index (χ2v) is 6.40. The summed E-state index contributed by atoms with van der Waals surface area (Å²) in [5, 5.41) is 9.51. The Morgan fingerprint density at radius 1 is 0.933 bits per heavy atom. The summed E-state index contributed by atoms with van der Waals surface area (Å²) in [6.07, 6.45) is -0.895. The molecule has 0 aromatic heterocycles. The zero-order chi connectivity index (χ0) is 21.9. The van der Waals surface area contributed by atoms with E-state index in [2.05, 4.69) is 0 Å². The minimum absolute atomic E-state index is 0.174. The van der Waals surface area contributed by atoms with Crippen LogP contribution < -0.4 is 14.2 Å². The van der Waals surface area contributed by atoms with E-state index in [1.54, 1.807) is 37.4 Å². The third-order valence-corrected chi connectivity index (χ3v) is 4.35. The fraction of sp³-hybridized carbons (Fsp3) is 0.435. The lowest BCUT2D eigenvalue weighted by Crippen LogP contribution is -2.28. The number of carboxylic acids is 1. The molecule has 0 radical (unpaired) electrons. The standard InChI is InChI=1S/C23H30O7/c1-5-27-17-9-8-10-18(13-17)30-21-14-16(26-4)11-12-19(21)20(15-22(24)25)23(28-6-2)29-7-3/h8-14,20,23H,5-7,15H2,1-4H3,(H,24,25). The van der Waals surface area contributed by atoms with Crippen LogP contribution in [-0.2, 0) is 14.3 Å². The summed E-state index contributed by atoms with van der Waals surface area (Å²) < 4.78 is 28.5. The molecule has 0 aliphatic carbocycles. The number of rotatable bonds is 13. The highest BCUT2D eigenvalue weighted by Gasteiger charge is 2.30. The highest BCUT2D eigenvalue weighted by atomic mass is 16.7. The maximum Gasteiger partial charge on any atom is 0.304 e. The summed E-state index contributed by atoms with van der Waals surface area (Å²) in [6.45, 7) is 6.92. The van der Waals surface area contributed by atoms with Gasteiger partial charge in [-0.15, -0.1) is 0 Å². The summed E-state index contributed by atoms with van der Waals surface area (Å²) in [6, 6.07) is 12.5. The van der Waals surface area contributed by atoms with E-state index in [9.17, 15) is 9.90 Å². The fourth-order valence-corrected chi connectivity index (χ4v) is 3.11. The minimum atomic E-state index is -0.954. The molecule has 2 rings (SSSR count). The summed E-state index contributed by atoms with van der Waals surface area (Å²) in [5.41, 5.74) is 0.659. The molecule has 164 valence electrons. The van der Waals surface area contributed by atoms with Crippen molar-refractivity contribution < 1.29 is 33.6 Å². The fourth-order valence-electron chi connectivity index (χ4n) is 3.11. The Kier molecular flexibility index (Phi) is 9.44. The highest BCUT2D eigenvalue weighted by molar-refractivity contribution is 5.68. The Morgan fingerprint density at radius 3 is 2.23 bits per heavy atom. The number of hydrogen-bond donors (Lipinski definition) is 1. The maximum atomic E-state index is 11.6. The zero-order valence-corrected chi connectivity index (χ0v) is 17.9. The highest BCUT2D eigenvalue weighted by Crippen LogP contribution is 2.38. The second kappa shape index (κ2) is 12.0. The predicted molar refractivity (Wildman–Crippen MR) is 113 cm³/mol. The van der Waals surface area contributed by atoms with E-state index >= 15 is 0 Å². The number of hydrogen-bond acceptors (Lipinski definition) is 6. The monoisotopic (exact) mass is 418 g/mol. The molecule has 7 nitrogen and oxygen atoms in total. The third kappa shape index (κ3) is 6.64. The lowest BCUT2D eigenvalue weighted by Gasteiger charge is -2.27. The van der Waals surface area contributed by atoms with Crippen LogP contribution in [0.3, 0.4) is 0 Å². The van der Waals surface area contributed by atoms with E-state index in [4.69, 9.17) is 23.7 Å². The first-order valence-corrected chi connectivity index (χ1v) is 10.1. The Balaban J connectivity index is 2.48. The van der Waals surface area contributed by atoms with Crippen molar-refractivity contribution in [2.75, 3.05) is 26.9 Å². The molecule has 2 aromatic rings. The van der Waals surface area contributed by atoms with Gasteiger partial charge >= 0.3 is 5.97 Å². The van der Waals surface area contributed by atoms with Crippen LogP contribution in [0, 0.1) is 0 Å². The van der Waals surface area contributed by atoms with Crippen LogP contribution in [0.2, 0.25) is 0 Å². The van der Waals surface area contributed by atoms with Crippen LogP contribution in [0.25, 0.3) is 0 Å².